The highest BCUT2D eigenvalue weighted by Crippen LogP contribution is 2.26. The summed E-state index contributed by atoms with van der Waals surface area (Å²) >= 11 is 0. The minimum atomic E-state index is 0.0162. The van der Waals surface area contributed by atoms with Crippen molar-refractivity contribution in [2.75, 3.05) is 39.6 Å². The summed E-state index contributed by atoms with van der Waals surface area (Å²) in [5.41, 5.74) is 2.97. The molecule has 0 saturated carbocycles. The molecule has 0 aliphatic rings. The molecule has 3 rings (SSSR count). The van der Waals surface area contributed by atoms with Gasteiger partial charge < -0.3 is 19.3 Å². The predicted octanol–water partition coefficient (Wildman–Crippen LogP) is 2.61. The van der Waals surface area contributed by atoms with E-state index in [0.717, 1.165) is 22.8 Å². The van der Waals surface area contributed by atoms with Gasteiger partial charge in [0, 0.05) is 24.5 Å². The van der Waals surface area contributed by atoms with Crippen LogP contribution < -0.4 is 4.74 Å². The molecule has 3 aromatic heterocycles. The summed E-state index contributed by atoms with van der Waals surface area (Å²) < 4.78 is 16.5. The number of aromatic nitrogens is 3. The minimum Gasteiger partial charge on any atom is -0.491 e. The third kappa shape index (κ3) is 6.09. The number of pyridine rings is 3. The Kier molecular flexibility index (Phi) is 7.87. The van der Waals surface area contributed by atoms with E-state index in [9.17, 15) is 0 Å². The number of hydrogen-bond donors (Lipinski definition) is 1. The second-order valence-electron chi connectivity index (χ2n) is 5.80. The van der Waals surface area contributed by atoms with Gasteiger partial charge in [-0.15, -0.1) is 0 Å². The van der Waals surface area contributed by atoms with Crippen LogP contribution in [-0.4, -0.2) is 59.7 Å². The number of hydrogen-bond acceptors (Lipinski definition) is 7. The van der Waals surface area contributed by atoms with Gasteiger partial charge in [0.05, 0.1) is 55.8 Å². The zero-order valence-corrected chi connectivity index (χ0v) is 15.5. The van der Waals surface area contributed by atoms with Crippen LogP contribution in [0, 0.1) is 0 Å². The van der Waals surface area contributed by atoms with Gasteiger partial charge in [0.1, 0.15) is 12.4 Å². The summed E-state index contributed by atoms with van der Waals surface area (Å²) in [7, 11) is 0. The Morgan fingerprint density at radius 2 is 1.25 bits per heavy atom. The molecule has 0 radical (unpaired) electrons. The Morgan fingerprint density at radius 1 is 0.679 bits per heavy atom. The van der Waals surface area contributed by atoms with Crippen molar-refractivity contribution in [3.63, 3.8) is 0 Å². The Bertz CT molecular complexity index is 774. The minimum absolute atomic E-state index is 0.0162. The third-order valence-corrected chi connectivity index (χ3v) is 3.76. The zero-order valence-electron chi connectivity index (χ0n) is 15.5. The van der Waals surface area contributed by atoms with Crippen LogP contribution >= 0.6 is 0 Å². The molecule has 0 aliphatic carbocycles. The lowest BCUT2D eigenvalue weighted by Crippen LogP contribution is -2.12. The first-order valence-electron chi connectivity index (χ1n) is 9.11. The van der Waals surface area contributed by atoms with E-state index in [1.54, 1.807) is 12.4 Å². The molecule has 3 heterocycles. The van der Waals surface area contributed by atoms with Crippen LogP contribution in [0.5, 0.6) is 5.75 Å². The summed E-state index contributed by atoms with van der Waals surface area (Å²) in [5, 5.41) is 8.64. The first-order chi connectivity index (χ1) is 13.9. The molecule has 3 aromatic rings. The first-order valence-corrected chi connectivity index (χ1v) is 9.11. The van der Waals surface area contributed by atoms with Gasteiger partial charge in [0.2, 0.25) is 0 Å². The van der Waals surface area contributed by atoms with E-state index >= 15 is 0 Å². The normalized spacial score (nSPS) is 10.8. The number of nitrogens with zero attached hydrogens (tertiary/aromatic N) is 3. The molecule has 0 aromatic carbocycles. The Hall–Kier alpha value is -2.87. The third-order valence-electron chi connectivity index (χ3n) is 3.76. The predicted molar refractivity (Wildman–Crippen MR) is 105 cm³/mol. The van der Waals surface area contributed by atoms with Crippen LogP contribution in [-0.2, 0) is 9.47 Å². The van der Waals surface area contributed by atoms with Crippen molar-refractivity contribution in [2.45, 2.75) is 0 Å². The lowest BCUT2D eigenvalue weighted by Gasteiger charge is -2.11. The zero-order chi connectivity index (χ0) is 19.4. The number of aliphatic hydroxyl groups is 1. The van der Waals surface area contributed by atoms with E-state index in [0.29, 0.717) is 38.8 Å². The maximum atomic E-state index is 8.64. The van der Waals surface area contributed by atoms with Gasteiger partial charge in [-0.05, 0) is 24.3 Å². The number of aliphatic hydroxyl groups excluding tert-OH is 1. The molecule has 0 unspecified atom stereocenters. The summed E-state index contributed by atoms with van der Waals surface area (Å²) in [5.74, 6) is 0.677. The maximum Gasteiger partial charge on any atom is 0.123 e. The first kappa shape index (κ1) is 19.9. The average molecular weight is 381 g/mol. The Labute approximate surface area is 164 Å². The fourth-order valence-electron chi connectivity index (χ4n) is 2.48. The molecule has 0 spiro atoms. The van der Waals surface area contributed by atoms with Crippen LogP contribution in [0.3, 0.4) is 0 Å². The fraction of sp³-hybridized carbons (Fsp3) is 0.286. The van der Waals surface area contributed by atoms with E-state index in [-0.39, 0.29) is 6.61 Å². The van der Waals surface area contributed by atoms with Crippen molar-refractivity contribution in [3.05, 3.63) is 60.9 Å². The van der Waals surface area contributed by atoms with Crippen molar-refractivity contribution in [3.8, 4) is 28.5 Å². The van der Waals surface area contributed by atoms with E-state index < -0.39 is 0 Å². The monoisotopic (exact) mass is 381 g/mol. The molecule has 0 bridgehead atoms. The highest BCUT2D eigenvalue weighted by Gasteiger charge is 2.09. The van der Waals surface area contributed by atoms with Crippen LogP contribution in [0.2, 0.25) is 0 Å². The molecule has 1 N–H and O–H groups in total. The largest absolute Gasteiger partial charge is 0.491 e. The van der Waals surface area contributed by atoms with Crippen molar-refractivity contribution in [1.82, 2.24) is 15.0 Å². The van der Waals surface area contributed by atoms with Crippen LogP contribution in [0.1, 0.15) is 0 Å². The summed E-state index contributed by atoms with van der Waals surface area (Å²) in [6.07, 6.45) is 3.47. The molecule has 7 heteroatoms. The Balaban J connectivity index is 1.66. The SMILES string of the molecule is OCCOCCOCCOc1cc(-c2ccccn2)nc(-c2ccccn2)c1. The molecule has 146 valence electrons. The molecule has 7 nitrogen and oxygen atoms in total. The molecular formula is C21H23N3O4. The smallest absolute Gasteiger partial charge is 0.123 e. The van der Waals surface area contributed by atoms with Crippen molar-refractivity contribution < 1.29 is 19.3 Å². The van der Waals surface area contributed by atoms with Gasteiger partial charge in [-0.1, -0.05) is 12.1 Å². The Morgan fingerprint density at radius 3 is 1.79 bits per heavy atom. The summed E-state index contributed by atoms with van der Waals surface area (Å²) in [6.45, 7) is 2.07. The average Bonchev–Trinajstić information content (AvgIpc) is 2.76. The molecule has 0 atom stereocenters. The quantitative estimate of drug-likeness (QED) is 0.511. The summed E-state index contributed by atoms with van der Waals surface area (Å²) in [4.78, 5) is 13.4. The molecule has 0 fully saturated rings. The lowest BCUT2D eigenvalue weighted by molar-refractivity contribution is 0.0247. The van der Waals surface area contributed by atoms with Gasteiger partial charge in [0.25, 0.3) is 0 Å². The number of rotatable bonds is 11. The summed E-state index contributed by atoms with van der Waals surface area (Å²) in [6, 6.07) is 15.1. The lowest BCUT2D eigenvalue weighted by atomic mass is 10.2. The molecule has 0 amide bonds. The molecule has 28 heavy (non-hydrogen) atoms. The topological polar surface area (TPSA) is 86.6 Å². The second-order valence-corrected chi connectivity index (χ2v) is 5.80. The van der Waals surface area contributed by atoms with Gasteiger partial charge in [-0.2, -0.15) is 0 Å². The molecule has 0 aliphatic heterocycles. The van der Waals surface area contributed by atoms with Crippen LogP contribution in [0.15, 0.2) is 60.9 Å². The second kappa shape index (κ2) is 11.1. The van der Waals surface area contributed by atoms with E-state index in [2.05, 4.69) is 15.0 Å². The standard InChI is InChI=1S/C21H23N3O4/c25-9-10-26-11-12-27-13-14-28-17-15-20(18-5-1-3-7-22-18)24-21(16-17)19-6-2-4-8-23-19/h1-8,15-16,25H,9-14H2. The van der Waals surface area contributed by atoms with Crippen molar-refractivity contribution in [2.24, 2.45) is 0 Å². The maximum absolute atomic E-state index is 8.64. The van der Waals surface area contributed by atoms with Crippen molar-refractivity contribution in [1.29, 1.82) is 0 Å². The highest BCUT2D eigenvalue weighted by molar-refractivity contribution is 5.64. The van der Waals surface area contributed by atoms with Crippen molar-refractivity contribution >= 4 is 0 Å². The van der Waals surface area contributed by atoms with Crippen LogP contribution in [0.4, 0.5) is 0 Å². The van der Waals surface area contributed by atoms with E-state index in [1.807, 2.05) is 48.5 Å². The van der Waals surface area contributed by atoms with Gasteiger partial charge in [-0.25, -0.2) is 4.98 Å². The highest BCUT2D eigenvalue weighted by atomic mass is 16.5. The van der Waals surface area contributed by atoms with Gasteiger partial charge >= 0.3 is 0 Å². The van der Waals surface area contributed by atoms with E-state index in [1.165, 1.54) is 0 Å². The van der Waals surface area contributed by atoms with Crippen LogP contribution in [0.25, 0.3) is 22.8 Å². The molecule has 0 saturated heterocycles. The number of ether oxygens (including phenoxy) is 3. The van der Waals surface area contributed by atoms with Gasteiger partial charge in [0.15, 0.2) is 0 Å². The molecular weight excluding hydrogens is 358 g/mol. The van der Waals surface area contributed by atoms with E-state index in [4.69, 9.17) is 19.3 Å². The van der Waals surface area contributed by atoms with Gasteiger partial charge in [-0.3, -0.25) is 9.97 Å². The fourth-order valence-corrected chi connectivity index (χ4v) is 2.48.